The van der Waals surface area contributed by atoms with Crippen molar-refractivity contribution in [3.63, 3.8) is 0 Å². The number of carbonyl (C=O) groups excluding carboxylic acids is 1. The monoisotopic (exact) mass is 442 g/mol. The molecule has 3 aromatic carbocycles. The van der Waals surface area contributed by atoms with Gasteiger partial charge in [0.2, 0.25) is 0 Å². The highest BCUT2D eigenvalue weighted by Gasteiger charge is 2.25. The summed E-state index contributed by atoms with van der Waals surface area (Å²) in [4.78, 5) is 12.9. The van der Waals surface area contributed by atoms with Crippen molar-refractivity contribution < 1.29 is 13.2 Å². The van der Waals surface area contributed by atoms with Gasteiger partial charge in [0.05, 0.1) is 21.2 Å². The van der Waals surface area contributed by atoms with Gasteiger partial charge < -0.3 is 5.32 Å². The van der Waals surface area contributed by atoms with E-state index in [1.807, 2.05) is 38.1 Å². The minimum atomic E-state index is -3.87. The number of carbonyl (C=O) groups is 1. The Morgan fingerprint density at radius 3 is 2.20 bits per heavy atom. The fraction of sp³-hybridized carbons (Fsp3) is 0.174. The van der Waals surface area contributed by atoms with E-state index < -0.39 is 15.9 Å². The Morgan fingerprint density at radius 1 is 0.967 bits per heavy atom. The highest BCUT2D eigenvalue weighted by molar-refractivity contribution is 7.92. The van der Waals surface area contributed by atoms with Gasteiger partial charge in [0.25, 0.3) is 15.9 Å². The Balaban J connectivity index is 1.99. The number of anilines is 2. The molecule has 0 unspecified atom stereocenters. The molecule has 0 aliphatic rings. The lowest BCUT2D eigenvalue weighted by Gasteiger charge is -2.23. The standard InChI is InChI=1S/C23H23ClN2O3S/c1-4-26(18-11-6-5-7-12-18)30(28,29)19-13-14-21(24)20(15-19)23(27)25-22-16(2)9-8-10-17(22)3/h5-15H,4H2,1-3H3,(H,25,27). The molecule has 0 saturated heterocycles. The predicted molar refractivity (Wildman–Crippen MR) is 122 cm³/mol. The number of rotatable bonds is 6. The third-order valence-corrected chi connectivity index (χ3v) is 7.05. The largest absolute Gasteiger partial charge is 0.321 e. The summed E-state index contributed by atoms with van der Waals surface area (Å²) in [6.45, 7) is 5.79. The average molecular weight is 443 g/mol. The quantitative estimate of drug-likeness (QED) is 0.553. The first-order valence-electron chi connectivity index (χ1n) is 9.50. The van der Waals surface area contributed by atoms with E-state index in [2.05, 4.69) is 5.32 Å². The molecule has 3 aromatic rings. The van der Waals surface area contributed by atoms with Crippen LogP contribution in [-0.4, -0.2) is 20.9 Å². The second-order valence-electron chi connectivity index (χ2n) is 6.87. The molecule has 0 aromatic heterocycles. The molecule has 1 amide bonds. The van der Waals surface area contributed by atoms with Gasteiger partial charge in [-0.1, -0.05) is 48.0 Å². The lowest BCUT2D eigenvalue weighted by atomic mass is 10.1. The Hall–Kier alpha value is -2.83. The summed E-state index contributed by atoms with van der Waals surface area (Å²) in [5.74, 6) is -0.461. The topological polar surface area (TPSA) is 66.5 Å². The SMILES string of the molecule is CCN(c1ccccc1)S(=O)(=O)c1ccc(Cl)c(C(=O)Nc2c(C)cccc2C)c1. The lowest BCUT2D eigenvalue weighted by molar-refractivity contribution is 0.102. The van der Waals surface area contributed by atoms with Crippen LogP contribution in [0.1, 0.15) is 28.4 Å². The minimum Gasteiger partial charge on any atom is -0.321 e. The number of benzene rings is 3. The molecular formula is C23H23ClN2O3S. The van der Waals surface area contributed by atoms with Crippen LogP contribution in [-0.2, 0) is 10.0 Å². The predicted octanol–water partition coefficient (Wildman–Crippen LogP) is 5.42. The molecule has 0 bridgehead atoms. The van der Waals surface area contributed by atoms with Crippen LogP contribution >= 0.6 is 11.6 Å². The minimum absolute atomic E-state index is 0.00394. The second kappa shape index (κ2) is 8.90. The van der Waals surface area contributed by atoms with Crippen LogP contribution in [0.4, 0.5) is 11.4 Å². The van der Waals surface area contributed by atoms with Crippen LogP contribution in [0.5, 0.6) is 0 Å². The number of aryl methyl sites for hydroxylation is 2. The Labute approximate surface area is 182 Å². The van der Waals surface area contributed by atoms with Crippen molar-refractivity contribution in [1.29, 1.82) is 0 Å². The maximum Gasteiger partial charge on any atom is 0.264 e. The molecule has 30 heavy (non-hydrogen) atoms. The van der Waals surface area contributed by atoms with E-state index >= 15 is 0 Å². The van der Waals surface area contributed by atoms with Crippen molar-refractivity contribution in [2.75, 3.05) is 16.2 Å². The van der Waals surface area contributed by atoms with Gasteiger partial charge in [-0.2, -0.15) is 0 Å². The maximum absolute atomic E-state index is 13.3. The molecule has 0 saturated carbocycles. The third kappa shape index (κ3) is 4.35. The van der Waals surface area contributed by atoms with E-state index in [0.717, 1.165) is 11.1 Å². The van der Waals surface area contributed by atoms with Crippen molar-refractivity contribution >= 4 is 38.9 Å². The van der Waals surface area contributed by atoms with Gasteiger partial charge in [0.15, 0.2) is 0 Å². The van der Waals surface area contributed by atoms with Crippen LogP contribution in [0.3, 0.4) is 0 Å². The van der Waals surface area contributed by atoms with Crippen molar-refractivity contribution in [3.8, 4) is 0 Å². The fourth-order valence-corrected chi connectivity index (χ4v) is 4.95. The third-order valence-electron chi connectivity index (χ3n) is 4.82. The molecule has 0 aliphatic carbocycles. The van der Waals surface area contributed by atoms with Crippen LogP contribution in [0.2, 0.25) is 5.02 Å². The van der Waals surface area contributed by atoms with Crippen molar-refractivity contribution in [1.82, 2.24) is 0 Å². The molecule has 0 spiro atoms. The summed E-state index contributed by atoms with van der Waals surface area (Å²) in [6.07, 6.45) is 0. The van der Waals surface area contributed by atoms with Crippen LogP contribution in [0.15, 0.2) is 71.6 Å². The molecule has 5 nitrogen and oxygen atoms in total. The van der Waals surface area contributed by atoms with E-state index in [-0.39, 0.29) is 22.0 Å². The first-order valence-corrected chi connectivity index (χ1v) is 11.3. The second-order valence-corrected chi connectivity index (χ2v) is 9.14. The van der Waals surface area contributed by atoms with Gasteiger partial charge in [-0.3, -0.25) is 9.10 Å². The number of hydrogen-bond acceptors (Lipinski definition) is 3. The molecule has 0 fully saturated rings. The smallest absolute Gasteiger partial charge is 0.264 e. The summed E-state index contributed by atoms with van der Waals surface area (Å²) >= 11 is 6.25. The fourth-order valence-electron chi connectivity index (χ4n) is 3.24. The van der Waals surface area contributed by atoms with Gasteiger partial charge in [-0.15, -0.1) is 0 Å². The molecule has 1 N–H and O–H groups in total. The van der Waals surface area contributed by atoms with E-state index in [9.17, 15) is 13.2 Å². The number of halogens is 1. The molecule has 156 valence electrons. The van der Waals surface area contributed by atoms with Crippen molar-refractivity contribution in [3.05, 3.63) is 88.4 Å². The first-order chi connectivity index (χ1) is 14.3. The lowest BCUT2D eigenvalue weighted by Crippen LogP contribution is -2.31. The van der Waals surface area contributed by atoms with Gasteiger partial charge in [-0.05, 0) is 62.2 Å². The summed E-state index contributed by atoms with van der Waals surface area (Å²) < 4.78 is 27.8. The van der Waals surface area contributed by atoms with Crippen molar-refractivity contribution in [2.45, 2.75) is 25.7 Å². The van der Waals surface area contributed by atoms with Crippen LogP contribution < -0.4 is 9.62 Å². The number of nitrogens with one attached hydrogen (secondary N) is 1. The Kier molecular flexibility index (Phi) is 6.48. The van der Waals surface area contributed by atoms with Crippen LogP contribution in [0.25, 0.3) is 0 Å². The zero-order valence-electron chi connectivity index (χ0n) is 17.0. The zero-order chi connectivity index (χ0) is 21.9. The molecule has 0 heterocycles. The molecule has 0 aliphatic heterocycles. The highest BCUT2D eigenvalue weighted by Crippen LogP contribution is 2.28. The van der Waals surface area contributed by atoms with Gasteiger partial charge in [0, 0.05) is 12.2 Å². The van der Waals surface area contributed by atoms with Crippen LogP contribution in [0, 0.1) is 13.8 Å². The number of amides is 1. The number of para-hydroxylation sites is 2. The number of hydrogen-bond donors (Lipinski definition) is 1. The number of sulfonamides is 1. The van der Waals surface area contributed by atoms with E-state index in [1.54, 1.807) is 31.2 Å². The van der Waals surface area contributed by atoms with Gasteiger partial charge in [-0.25, -0.2) is 8.42 Å². The Bertz CT molecular complexity index is 1160. The molecule has 0 atom stereocenters. The normalized spacial score (nSPS) is 11.2. The zero-order valence-corrected chi connectivity index (χ0v) is 18.6. The van der Waals surface area contributed by atoms with E-state index in [1.165, 1.54) is 22.5 Å². The summed E-state index contributed by atoms with van der Waals surface area (Å²) in [7, 11) is -3.87. The summed E-state index contributed by atoms with van der Waals surface area (Å²) in [6, 6.07) is 18.7. The Morgan fingerprint density at radius 2 is 1.60 bits per heavy atom. The molecule has 0 radical (unpaired) electrons. The van der Waals surface area contributed by atoms with Gasteiger partial charge in [0.1, 0.15) is 0 Å². The van der Waals surface area contributed by atoms with Crippen molar-refractivity contribution in [2.24, 2.45) is 0 Å². The average Bonchev–Trinajstić information content (AvgIpc) is 2.72. The summed E-state index contributed by atoms with van der Waals surface area (Å²) in [5, 5.41) is 3.04. The van der Waals surface area contributed by atoms with Gasteiger partial charge >= 0.3 is 0 Å². The highest BCUT2D eigenvalue weighted by atomic mass is 35.5. The summed E-state index contributed by atoms with van der Waals surface area (Å²) in [5.41, 5.74) is 3.15. The maximum atomic E-state index is 13.3. The molecule has 7 heteroatoms. The molecular weight excluding hydrogens is 420 g/mol. The first kappa shape index (κ1) is 21.9. The van der Waals surface area contributed by atoms with E-state index in [4.69, 9.17) is 11.6 Å². The van der Waals surface area contributed by atoms with E-state index in [0.29, 0.717) is 11.4 Å². The number of nitrogens with zero attached hydrogens (tertiary/aromatic N) is 1. The molecule has 3 rings (SSSR count).